The molecule has 2 aromatic heterocycles. The number of aromatic nitrogens is 2. The van der Waals surface area contributed by atoms with Crippen molar-refractivity contribution in [1.82, 2.24) is 14.5 Å². The van der Waals surface area contributed by atoms with Crippen LogP contribution in [0.2, 0.25) is 0 Å². The molecule has 1 fully saturated rings. The highest BCUT2D eigenvalue weighted by atomic mass is 16.5. The van der Waals surface area contributed by atoms with Crippen molar-refractivity contribution in [3.63, 3.8) is 0 Å². The zero-order chi connectivity index (χ0) is 17.1. The molecule has 1 N–H and O–H groups in total. The van der Waals surface area contributed by atoms with Gasteiger partial charge in [-0.15, -0.1) is 0 Å². The van der Waals surface area contributed by atoms with E-state index in [0.717, 1.165) is 32.7 Å². The molecule has 1 saturated heterocycles. The summed E-state index contributed by atoms with van der Waals surface area (Å²) in [7, 11) is 0. The summed E-state index contributed by atoms with van der Waals surface area (Å²) in [5.41, 5.74) is -0.244. The number of nitrogens with one attached hydrogen (secondary N) is 1. The average Bonchev–Trinajstić information content (AvgIpc) is 2.61. The molecule has 2 aromatic rings. The molecule has 0 unspecified atom stereocenters. The molecule has 1 aliphatic rings. The fraction of sp³-hybridized carbons (Fsp3) is 0.471. The highest BCUT2D eigenvalue weighted by Crippen LogP contribution is 2.11. The van der Waals surface area contributed by atoms with Crippen molar-refractivity contribution in [3.8, 4) is 6.07 Å². The average molecular weight is 328 g/mol. The molecular formula is C17H20N4O3. The third kappa shape index (κ3) is 3.11. The Kier molecular flexibility index (Phi) is 4.79. The Morgan fingerprint density at radius 1 is 1.38 bits per heavy atom. The highest BCUT2D eigenvalue weighted by molar-refractivity contribution is 5.78. The fourth-order valence-corrected chi connectivity index (χ4v) is 3.14. The van der Waals surface area contributed by atoms with Gasteiger partial charge in [0.2, 0.25) is 0 Å². The van der Waals surface area contributed by atoms with Crippen LogP contribution < -0.4 is 11.1 Å². The molecule has 0 saturated carbocycles. The van der Waals surface area contributed by atoms with Gasteiger partial charge >= 0.3 is 0 Å². The molecule has 0 bridgehead atoms. The van der Waals surface area contributed by atoms with Gasteiger partial charge in [-0.05, 0) is 18.6 Å². The zero-order valence-corrected chi connectivity index (χ0v) is 13.6. The topological polar surface area (TPSA) is 91.1 Å². The van der Waals surface area contributed by atoms with E-state index in [-0.39, 0.29) is 17.2 Å². The number of aromatic amines is 1. The van der Waals surface area contributed by atoms with Gasteiger partial charge in [0.15, 0.2) is 0 Å². The van der Waals surface area contributed by atoms with Crippen molar-refractivity contribution >= 4 is 10.9 Å². The van der Waals surface area contributed by atoms with Crippen LogP contribution >= 0.6 is 0 Å². The lowest BCUT2D eigenvalue weighted by atomic mass is 10.1. The summed E-state index contributed by atoms with van der Waals surface area (Å²) in [5, 5.41) is 9.36. The number of hydrogen-bond donors (Lipinski definition) is 1. The van der Waals surface area contributed by atoms with Gasteiger partial charge < -0.3 is 14.3 Å². The normalized spacial score (nSPS) is 16.8. The predicted octanol–water partition coefficient (Wildman–Crippen LogP) is 0.672. The lowest BCUT2D eigenvalue weighted by Gasteiger charge is -2.34. The van der Waals surface area contributed by atoms with Crippen molar-refractivity contribution < 1.29 is 4.74 Å². The summed E-state index contributed by atoms with van der Waals surface area (Å²) >= 11 is 0. The summed E-state index contributed by atoms with van der Waals surface area (Å²) in [6.45, 7) is 5.86. The number of nitrogens with zero attached hydrogens (tertiary/aromatic N) is 3. The minimum absolute atomic E-state index is 0.0439. The Hall–Kier alpha value is -2.43. The van der Waals surface area contributed by atoms with Crippen LogP contribution in [0.1, 0.15) is 18.9 Å². The Morgan fingerprint density at radius 3 is 2.79 bits per heavy atom. The summed E-state index contributed by atoms with van der Waals surface area (Å²) in [4.78, 5) is 29.3. The second kappa shape index (κ2) is 6.99. The van der Waals surface area contributed by atoms with Crippen LogP contribution in [0.25, 0.3) is 10.9 Å². The van der Waals surface area contributed by atoms with E-state index in [2.05, 4.69) is 16.8 Å². The number of nitriles is 1. The molecule has 0 radical (unpaired) electrons. The van der Waals surface area contributed by atoms with Gasteiger partial charge in [-0.25, -0.2) is 0 Å². The maximum Gasteiger partial charge on any atom is 0.266 e. The smallest absolute Gasteiger partial charge is 0.266 e. The Balaban J connectivity index is 1.96. The number of ether oxygens (including phenoxy) is 1. The lowest BCUT2D eigenvalue weighted by molar-refractivity contribution is 0.0119. The SMILES string of the molecule is CC[C@@H](Cn1ccc2[nH]c(=O)c(C#N)cc2c1=O)N1CCOCC1. The third-order valence-electron chi connectivity index (χ3n) is 4.55. The molecule has 0 aromatic carbocycles. The van der Waals surface area contributed by atoms with Crippen LogP contribution in [-0.2, 0) is 11.3 Å². The van der Waals surface area contributed by atoms with Crippen LogP contribution in [0.3, 0.4) is 0 Å². The Morgan fingerprint density at radius 2 is 2.12 bits per heavy atom. The van der Waals surface area contributed by atoms with E-state index in [1.165, 1.54) is 6.07 Å². The van der Waals surface area contributed by atoms with Crippen molar-refractivity contribution in [2.75, 3.05) is 26.3 Å². The van der Waals surface area contributed by atoms with Crippen LogP contribution in [0.4, 0.5) is 0 Å². The van der Waals surface area contributed by atoms with Crippen molar-refractivity contribution in [1.29, 1.82) is 5.26 Å². The van der Waals surface area contributed by atoms with Gasteiger partial charge in [0.25, 0.3) is 11.1 Å². The summed E-state index contributed by atoms with van der Waals surface area (Å²) in [5.74, 6) is 0. The second-order valence-electron chi connectivity index (χ2n) is 5.93. The summed E-state index contributed by atoms with van der Waals surface area (Å²) in [6, 6.07) is 5.17. The van der Waals surface area contributed by atoms with E-state index in [0.29, 0.717) is 17.4 Å². The maximum atomic E-state index is 12.7. The summed E-state index contributed by atoms with van der Waals surface area (Å²) < 4.78 is 7.05. The highest BCUT2D eigenvalue weighted by Gasteiger charge is 2.20. The molecule has 0 spiro atoms. The van der Waals surface area contributed by atoms with E-state index in [9.17, 15) is 9.59 Å². The predicted molar refractivity (Wildman–Crippen MR) is 90.0 cm³/mol. The number of H-pyrrole nitrogens is 1. The van der Waals surface area contributed by atoms with Crippen LogP contribution in [0.15, 0.2) is 27.9 Å². The first-order chi connectivity index (χ1) is 11.6. The molecular weight excluding hydrogens is 308 g/mol. The Bertz CT molecular complexity index is 887. The molecule has 24 heavy (non-hydrogen) atoms. The fourth-order valence-electron chi connectivity index (χ4n) is 3.14. The van der Waals surface area contributed by atoms with E-state index in [4.69, 9.17) is 10.00 Å². The van der Waals surface area contributed by atoms with Crippen molar-refractivity contribution in [2.45, 2.75) is 25.9 Å². The largest absolute Gasteiger partial charge is 0.379 e. The first-order valence-electron chi connectivity index (χ1n) is 8.12. The molecule has 0 aliphatic carbocycles. The lowest BCUT2D eigenvalue weighted by Crippen LogP contribution is -2.46. The van der Waals surface area contributed by atoms with E-state index in [1.54, 1.807) is 16.8 Å². The molecule has 7 nitrogen and oxygen atoms in total. The van der Waals surface area contributed by atoms with Gasteiger partial charge in [0, 0.05) is 31.9 Å². The number of hydrogen-bond acceptors (Lipinski definition) is 5. The first kappa shape index (κ1) is 16.4. The summed E-state index contributed by atoms with van der Waals surface area (Å²) in [6.07, 6.45) is 2.63. The van der Waals surface area contributed by atoms with Gasteiger partial charge in [0.05, 0.1) is 24.1 Å². The molecule has 7 heteroatoms. The van der Waals surface area contributed by atoms with Gasteiger partial charge in [-0.1, -0.05) is 6.92 Å². The van der Waals surface area contributed by atoms with Gasteiger partial charge in [0.1, 0.15) is 11.6 Å². The van der Waals surface area contributed by atoms with E-state index < -0.39 is 5.56 Å². The number of pyridine rings is 2. The Labute approximate surface area is 139 Å². The molecule has 1 atom stereocenters. The minimum atomic E-state index is -0.470. The van der Waals surface area contributed by atoms with Crippen LogP contribution in [-0.4, -0.2) is 46.8 Å². The first-order valence-corrected chi connectivity index (χ1v) is 8.12. The monoisotopic (exact) mass is 328 g/mol. The molecule has 3 heterocycles. The van der Waals surface area contributed by atoms with Gasteiger partial charge in [-0.2, -0.15) is 5.26 Å². The van der Waals surface area contributed by atoms with Crippen LogP contribution in [0, 0.1) is 11.3 Å². The van der Waals surface area contributed by atoms with E-state index >= 15 is 0 Å². The van der Waals surface area contributed by atoms with Crippen molar-refractivity contribution in [3.05, 3.63) is 44.6 Å². The molecule has 1 aliphatic heterocycles. The maximum absolute atomic E-state index is 12.7. The second-order valence-corrected chi connectivity index (χ2v) is 5.93. The van der Waals surface area contributed by atoms with Crippen molar-refractivity contribution in [2.24, 2.45) is 0 Å². The van der Waals surface area contributed by atoms with Gasteiger partial charge in [-0.3, -0.25) is 14.5 Å². The number of rotatable bonds is 4. The van der Waals surface area contributed by atoms with Crippen LogP contribution in [0.5, 0.6) is 0 Å². The third-order valence-corrected chi connectivity index (χ3v) is 4.55. The molecule has 3 rings (SSSR count). The standard InChI is InChI=1S/C17H20N4O3/c1-2-13(20-5-7-24-8-6-20)11-21-4-3-15-14(17(21)23)9-12(10-18)16(22)19-15/h3-4,9,13H,2,5-8,11H2,1H3,(H,19,22)/t13-/m0/s1. The number of morpholine rings is 1. The molecule has 0 amide bonds. The quantitative estimate of drug-likeness (QED) is 0.891. The minimum Gasteiger partial charge on any atom is -0.379 e. The zero-order valence-electron chi connectivity index (χ0n) is 13.6. The molecule has 126 valence electrons. The number of fused-ring (bicyclic) bond motifs is 1. The van der Waals surface area contributed by atoms with E-state index in [1.807, 2.05) is 6.07 Å².